The minimum Gasteiger partial charge on any atom is -0.298 e. The molecule has 7 heteroatoms. The van der Waals surface area contributed by atoms with Gasteiger partial charge in [0.15, 0.2) is 21.3 Å². The van der Waals surface area contributed by atoms with Gasteiger partial charge in [-0.1, -0.05) is 0 Å². The van der Waals surface area contributed by atoms with Gasteiger partial charge in [-0.05, 0) is 25.0 Å². The number of carbonyl (C=O) groups excluding carboxylic acids is 1. The second kappa shape index (κ2) is 3.88. The van der Waals surface area contributed by atoms with Gasteiger partial charge in [0, 0.05) is 11.8 Å². The Morgan fingerprint density at radius 1 is 1.39 bits per heavy atom. The number of aromatic nitrogens is 3. The van der Waals surface area contributed by atoms with Gasteiger partial charge in [-0.3, -0.25) is 9.20 Å². The molecule has 18 heavy (non-hydrogen) atoms. The number of fused-ring (bicyclic) bond motifs is 1. The van der Waals surface area contributed by atoms with E-state index < -0.39 is 15.1 Å². The summed E-state index contributed by atoms with van der Waals surface area (Å²) in [6, 6.07) is 3.21. The zero-order valence-electron chi connectivity index (χ0n) is 9.48. The van der Waals surface area contributed by atoms with Crippen LogP contribution in [0.25, 0.3) is 5.65 Å². The maximum atomic E-state index is 11.9. The Hall–Kier alpha value is -1.76. The van der Waals surface area contributed by atoms with Crippen LogP contribution in [0, 0.1) is 0 Å². The summed E-state index contributed by atoms with van der Waals surface area (Å²) in [6.07, 6.45) is 3.61. The van der Waals surface area contributed by atoms with E-state index >= 15 is 0 Å². The highest BCUT2D eigenvalue weighted by molar-refractivity contribution is 7.91. The second-order valence-electron chi connectivity index (χ2n) is 4.36. The van der Waals surface area contributed by atoms with Gasteiger partial charge in [0.25, 0.3) is 0 Å². The van der Waals surface area contributed by atoms with E-state index in [0.717, 1.165) is 6.29 Å². The molecule has 0 aliphatic carbocycles. The molecule has 0 spiro atoms. The molecule has 1 aliphatic heterocycles. The number of nitrogens with zero attached hydrogens (tertiary/aromatic N) is 3. The van der Waals surface area contributed by atoms with Crippen molar-refractivity contribution in [2.75, 3.05) is 5.75 Å². The molecule has 3 rings (SSSR count). The zero-order chi connectivity index (χ0) is 12.8. The minimum atomic E-state index is -3.11. The van der Waals surface area contributed by atoms with E-state index in [1.54, 1.807) is 22.7 Å². The smallest absolute Gasteiger partial charge is 0.161 e. The van der Waals surface area contributed by atoms with Gasteiger partial charge in [0.1, 0.15) is 11.5 Å². The SMILES string of the molecule is O=Cc1ccn2c(C3CCCS3(=O)=O)nnc2c1. The van der Waals surface area contributed by atoms with Crippen molar-refractivity contribution in [2.24, 2.45) is 0 Å². The standard InChI is InChI=1S/C11H11N3O3S/c15-7-8-3-4-14-10(6-8)12-13-11(14)9-2-1-5-18(9,16)17/h3-4,6-7,9H,1-2,5H2. The first-order chi connectivity index (χ1) is 8.62. The quantitative estimate of drug-likeness (QED) is 0.750. The number of pyridine rings is 1. The monoisotopic (exact) mass is 265 g/mol. The van der Waals surface area contributed by atoms with Gasteiger partial charge < -0.3 is 0 Å². The van der Waals surface area contributed by atoms with Crippen molar-refractivity contribution < 1.29 is 13.2 Å². The molecule has 0 saturated carbocycles. The molecular weight excluding hydrogens is 254 g/mol. The maximum absolute atomic E-state index is 11.9. The molecule has 1 fully saturated rings. The predicted molar refractivity (Wildman–Crippen MR) is 64.1 cm³/mol. The molecule has 1 aliphatic rings. The van der Waals surface area contributed by atoms with Crippen molar-refractivity contribution >= 4 is 21.8 Å². The van der Waals surface area contributed by atoms with Crippen molar-refractivity contribution in [3.8, 4) is 0 Å². The highest BCUT2D eigenvalue weighted by Gasteiger charge is 2.36. The Morgan fingerprint density at radius 3 is 2.89 bits per heavy atom. The van der Waals surface area contributed by atoms with Crippen molar-refractivity contribution in [1.82, 2.24) is 14.6 Å². The lowest BCUT2D eigenvalue weighted by atomic mass is 10.2. The molecule has 1 unspecified atom stereocenters. The Labute approximate surface area is 104 Å². The van der Waals surface area contributed by atoms with Crippen LogP contribution in [-0.4, -0.2) is 35.1 Å². The molecule has 3 heterocycles. The molecule has 0 radical (unpaired) electrons. The van der Waals surface area contributed by atoms with Crippen LogP contribution in [0.4, 0.5) is 0 Å². The average Bonchev–Trinajstić information content (AvgIpc) is 2.90. The van der Waals surface area contributed by atoms with E-state index in [4.69, 9.17) is 0 Å². The van der Waals surface area contributed by atoms with Crippen LogP contribution in [0.2, 0.25) is 0 Å². The van der Waals surface area contributed by atoms with E-state index in [0.29, 0.717) is 29.9 Å². The van der Waals surface area contributed by atoms with Crippen LogP contribution in [-0.2, 0) is 9.84 Å². The van der Waals surface area contributed by atoms with E-state index in [-0.39, 0.29) is 5.75 Å². The van der Waals surface area contributed by atoms with E-state index in [9.17, 15) is 13.2 Å². The van der Waals surface area contributed by atoms with Crippen LogP contribution in [0.1, 0.15) is 34.3 Å². The first kappa shape index (κ1) is 11.3. The maximum Gasteiger partial charge on any atom is 0.161 e. The molecule has 0 bridgehead atoms. The van der Waals surface area contributed by atoms with Crippen LogP contribution in [0.15, 0.2) is 18.3 Å². The molecule has 94 valence electrons. The molecule has 6 nitrogen and oxygen atoms in total. The fraction of sp³-hybridized carbons (Fsp3) is 0.364. The summed E-state index contributed by atoms with van der Waals surface area (Å²) in [4.78, 5) is 10.7. The third-order valence-electron chi connectivity index (χ3n) is 3.21. The molecule has 0 N–H and O–H groups in total. The third kappa shape index (κ3) is 1.62. The van der Waals surface area contributed by atoms with Crippen LogP contribution in [0.3, 0.4) is 0 Å². The lowest BCUT2D eigenvalue weighted by Crippen LogP contribution is -2.11. The molecule has 0 aromatic carbocycles. The molecule has 1 atom stereocenters. The lowest BCUT2D eigenvalue weighted by Gasteiger charge is -2.06. The summed E-state index contributed by atoms with van der Waals surface area (Å²) in [6.45, 7) is 0. The highest BCUT2D eigenvalue weighted by atomic mass is 32.2. The van der Waals surface area contributed by atoms with Gasteiger partial charge in [0.2, 0.25) is 0 Å². The lowest BCUT2D eigenvalue weighted by molar-refractivity contribution is 0.112. The number of hydrogen-bond acceptors (Lipinski definition) is 5. The second-order valence-corrected chi connectivity index (χ2v) is 6.67. The van der Waals surface area contributed by atoms with Gasteiger partial charge >= 0.3 is 0 Å². The number of sulfone groups is 1. The van der Waals surface area contributed by atoms with Crippen molar-refractivity contribution in [2.45, 2.75) is 18.1 Å². The summed E-state index contributed by atoms with van der Waals surface area (Å²) >= 11 is 0. The van der Waals surface area contributed by atoms with E-state index in [2.05, 4.69) is 10.2 Å². The number of carbonyl (C=O) groups is 1. The van der Waals surface area contributed by atoms with Crippen molar-refractivity contribution in [3.63, 3.8) is 0 Å². The van der Waals surface area contributed by atoms with Gasteiger partial charge in [-0.2, -0.15) is 0 Å². The Kier molecular flexibility index (Phi) is 2.44. The Morgan fingerprint density at radius 2 is 2.22 bits per heavy atom. The summed E-state index contributed by atoms with van der Waals surface area (Å²) < 4.78 is 25.4. The summed E-state index contributed by atoms with van der Waals surface area (Å²) in [7, 11) is -3.11. The van der Waals surface area contributed by atoms with Gasteiger partial charge in [-0.25, -0.2) is 8.42 Å². The first-order valence-electron chi connectivity index (χ1n) is 5.63. The number of aldehydes is 1. The normalized spacial score (nSPS) is 22.3. The van der Waals surface area contributed by atoms with Crippen molar-refractivity contribution in [3.05, 3.63) is 29.7 Å². The molecular formula is C11H11N3O3S. The van der Waals surface area contributed by atoms with Crippen LogP contribution < -0.4 is 0 Å². The Bertz CT molecular complexity index is 720. The number of rotatable bonds is 2. The molecule has 2 aromatic heterocycles. The predicted octanol–water partition coefficient (Wildman–Crippen LogP) is 0.791. The third-order valence-corrected chi connectivity index (χ3v) is 5.38. The van der Waals surface area contributed by atoms with E-state index in [1.165, 1.54) is 0 Å². The molecule has 2 aromatic rings. The summed E-state index contributed by atoms with van der Waals surface area (Å²) in [5.41, 5.74) is 0.993. The summed E-state index contributed by atoms with van der Waals surface area (Å²) in [5.74, 6) is 0.652. The molecule has 0 amide bonds. The fourth-order valence-corrected chi connectivity index (χ4v) is 4.16. The van der Waals surface area contributed by atoms with Crippen LogP contribution >= 0.6 is 0 Å². The van der Waals surface area contributed by atoms with Gasteiger partial charge in [0.05, 0.1) is 5.75 Å². The van der Waals surface area contributed by atoms with E-state index in [1.807, 2.05) is 0 Å². The van der Waals surface area contributed by atoms with Gasteiger partial charge in [-0.15, -0.1) is 10.2 Å². The largest absolute Gasteiger partial charge is 0.298 e. The average molecular weight is 265 g/mol. The fourth-order valence-electron chi connectivity index (χ4n) is 2.30. The topological polar surface area (TPSA) is 81.4 Å². The highest BCUT2D eigenvalue weighted by Crippen LogP contribution is 2.33. The summed E-state index contributed by atoms with van der Waals surface area (Å²) in [5, 5.41) is 7.32. The minimum absolute atomic E-state index is 0.207. The molecule has 1 saturated heterocycles. The van der Waals surface area contributed by atoms with Crippen LogP contribution in [0.5, 0.6) is 0 Å². The number of hydrogen-bond donors (Lipinski definition) is 0. The first-order valence-corrected chi connectivity index (χ1v) is 7.35. The van der Waals surface area contributed by atoms with Crippen molar-refractivity contribution in [1.29, 1.82) is 0 Å². The Balaban J connectivity index is 2.16. The zero-order valence-corrected chi connectivity index (χ0v) is 10.3.